The molecule has 3 aromatic rings. The van der Waals surface area contributed by atoms with Crippen LogP contribution in [0.2, 0.25) is 0 Å². The molecule has 0 saturated carbocycles. The number of carbonyl (C=O) groups excluding carboxylic acids is 1. The van der Waals surface area contributed by atoms with Crippen molar-refractivity contribution >= 4 is 28.9 Å². The van der Waals surface area contributed by atoms with Crippen LogP contribution in [0.25, 0.3) is 0 Å². The van der Waals surface area contributed by atoms with E-state index in [4.69, 9.17) is 0 Å². The predicted molar refractivity (Wildman–Crippen MR) is 93.0 cm³/mol. The van der Waals surface area contributed by atoms with Gasteiger partial charge in [0.1, 0.15) is 11.6 Å². The van der Waals surface area contributed by atoms with Crippen LogP contribution in [0.3, 0.4) is 0 Å². The number of nitrogens with one attached hydrogen (secondary N) is 3. The van der Waals surface area contributed by atoms with Gasteiger partial charge in [-0.05, 0) is 48.5 Å². The van der Waals surface area contributed by atoms with Crippen molar-refractivity contribution in [3.05, 3.63) is 78.7 Å². The molecule has 3 N–H and O–H groups in total. The number of aromatic nitrogens is 1. The third-order valence-electron chi connectivity index (χ3n) is 3.17. The van der Waals surface area contributed by atoms with Gasteiger partial charge in [0.05, 0.1) is 11.9 Å². The molecule has 24 heavy (non-hydrogen) atoms. The zero-order valence-corrected chi connectivity index (χ0v) is 12.7. The fourth-order valence-electron chi connectivity index (χ4n) is 2.04. The van der Waals surface area contributed by atoms with Gasteiger partial charge in [-0.3, -0.25) is 5.32 Å². The second-order valence-corrected chi connectivity index (χ2v) is 5.01. The minimum Gasteiger partial charge on any atom is -0.354 e. The SMILES string of the molecule is O=C(Nc1ccccc1)Nc1ccc(Nc2ccc(F)cc2)cn1. The van der Waals surface area contributed by atoms with Gasteiger partial charge in [-0.15, -0.1) is 0 Å². The molecule has 0 atom stereocenters. The maximum atomic E-state index is 12.9. The second kappa shape index (κ2) is 7.23. The molecule has 1 aromatic heterocycles. The van der Waals surface area contributed by atoms with Gasteiger partial charge < -0.3 is 10.6 Å². The Hall–Kier alpha value is -3.41. The molecular weight excluding hydrogens is 307 g/mol. The van der Waals surface area contributed by atoms with Gasteiger partial charge >= 0.3 is 6.03 Å². The fourth-order valence-corrected chi connectivity index (χ4v) is 2.04. The van der Waals surface area contributed by atoms with E-state index in [9.17, 15) is 9.18 Å². The van der Waals surface area contributed by atoms with Crippen molar-refractivity contribution in [2.75, 3.05) is 16.0 Å². The lowest BCUT2D eigenvalue weighted by molar-refractivity contribution is 0.262. The van der Waals surface area contributed by atoms with E-state index in [-0.39, 0.29) is 11.8 Å². The van der Waals surface area contributed by atoms with Gasteiger partial charge in [0.15, 0.2) is 0 Å². The molecule has 0 unspecified atom stereocenters. The van der Waals surface area contributed by atoms with Crippen LogP contribution in [0.15, 0.2) is 72.9 Å². The first-order valence-corrected chi connectivity index (χ1v) is 7.31. The van der Waals surface area contributed by atoms with Crippen LogP contribution in [0.1, 0.15) is 0 Å². The van der Waals surface area contributed by atoms with Crippen LogP contribution in [-0.2, 0) is 0 Å². The Morgan fingerprint density at radius 1 is 0.792 bits per heavy atom. The van der Waals surface area contributed by atoms with Crippen LogP contribution < -0.4 is 16.0 Å². The van der Waals surface area contributed by atoms with E-state index in [0.29, 0.717) is 11.5 Å². The lowest BCUT2D eigenvalue weighted by Gasteiger charge is -2.09. The number of rotatable bonds is 4. The Labute approximate surface area is 138 Å². The molecule has 0 aliphatic heterocycles. The van der Waals surface area contributed by atoms with Crippen molar-refractivity contribution in [1.29, 1.82) is 0 Å². The number of pyridine rings is 1. The summed E-state index contributed by atoms with van der Waals surface area (Å²) in [6, 6.07) is 18.2. The number of benzene rings is 2. The van der Waals surface area contributed by atoms with Crippen LogP contribution >= 0.6 is 0 Å². The summed E-state index contributed by atoms with van der Waals surface area (Å²) in [7, 11) is 0. The van der Waals surface area contributed by atoms with Gasteiger partial charge in [-0.1, -0.05) is 18.2 Å². The molecule has 0 radical (unpaired) electrons. The number of hydrogen-bond acceptors (Lipinski definition) is 3. The second-order valence-electron chi connectivity index (χ2n) is 5.01. The molecule has 0 aliphatic rings. The Balaban J connectivity index is 1.58. The fraction of sp³-hybridized carbons (Fsp3) is 0. The van der Waals surface area contributed by atoms with E-state index in [2.05, 4.69) is 20.9 Å². The first-order valence-electron chi connectivity index (χ1n) is 7.31. The molecular formula is C18H15FN4O. The Morgan fingerprint density at radius 2 is 1.50 bits per heavy atom. The highest BCUT2D eigenvalue weighted by Crippen LogP contribution is 2.17. The molecule has 5 nitrogen and oxygen atoms in total. The van der Waals surface area contributed by atoms with E-state index >= 15 is 0 Å². The minimum absolute atomic E-state index is 0.289. The maximum Gasteiger partial charge on any atom is 0.324 e. The van der Waals surface area contributed by atoms with E-state index < -0.39 is 0 Å². The molecule has 0 bridgehead atoms. The van der Waals surface area contributed by atoms with Crippen LogP contribution in [0, 0.1) is 5.82 Å². The zero-order valence-electron chi connectivity index (χ0n) is 12.7. The molecule has 120 valence electrons. The molecule has 6 heteroatoms. The molecule has 0 saturated heterocycles. The topological polar surface area (TPSA) is 66.1 Å². The lowest BCUT2D eigenvalue weighted by Crippen LogP contribution is -2.19. The van der Waals surface area contributed by atoms with Gasteiger partial charge in [0.2, 0.25) is 0 Å². The number of nitrogens with zero attached hydrogens (tertiary/aromatic N) is 1. The molecule has 1 heterocycles. The average Bonchev–Trinajstić information content (AvgIpc) is 2.59. The zero-order chi connectivity index (χ0) is 16.8. The van der Waals surface area contributed by atoms with Crippen molar-refractivity contribution < 1.29 is 9.18 Å². The van der Waals surface area contributed by atoms with E-state index in [0.717, 1.165) is 11.4 Å². The molecule has 0 aliphatic carbocycles. The third kappa shape index (κ3) is 4.30. The van der Waals surface area contributed by atoms with Crippen molar-refractivity contribution in [3.8, 4) is 0 Å². The van der Waals surface area contributed by atoms with Crippen LogP contribution in [0.5, 0.6) is 0 Å². The van der Waals surface area contributed by atoms with Crippen molar-refractivity contribution in [2.45, 2.75) is 0 Å². The smallest absolute Gasteiger partial charge is 0.324 e. The standard InChI is InChI=1S/C18H15FN4O/c19-13-6-8-15(9-7-13)21-16-10-11-17(20-12-16)23-18(24)22-14-4-2-1-3-5-14/h1-12,21H,(H2,20,22,23,24). The summed E-state index contributed by atoms with van der Waals surface area (Å²) in [6.45, 7) is 0. The number of anilines is 4. The maximum absolute atomic E-state index is 12.9. The molecule has 2 amide bonds. The van der Waals surface area contributed by atoms with Gasteiger partial charge in [-0.25, -0.2) is 14.2 Å². The largest absolute Gasteiger partial charge is 0.354 e. The summed E-state index contributed by atoms with van der Waals surface area (Å²) in [6.07, 6.45) is 1.58. The molecule has 0 fully saturated rings. The summed E-state index contributed by atoms with van der Waals surface area (Å²) < 4.78 is 12.9. The van der Waals surface area contributed by atoms with Crippen molar-refractivity contribution in [2.24, 2.45) is 0 Å². The quantitative estimate of drug-likeness (QED) is 0.657. The number of carbonyl (C=O) groups is 1. The van der Waals surface area contributed by atoms with Gasteiger partial charge in [0, 0.05) is 11.4 Å². The van der Waals surface area contributed by atoms with Gasteiger partial charge in [-0.2, -0.15) is 0 Å². The molecule has 2 aromatic carbocycles. The number of hydrogen-bond donors (Lipinski definition) is 3. The normalized spacial score (nSPS) is 10.0. The van der Waals surface area contributed by atoms with Gasteiger partial charge in [0.25, 0.3) is 0 Å². The van der Waals surface area contributed by atoms with Crippen molar-refractivity contribution in [3.63, 3.8) is 0 Å². The molecule has 0 spiro atoms. The summed E-state index contributed by atoms with van der Waals surface area (Å²) in [5, 5.41) is 8.45. The van der Waals surface area contributed by atoms with E-state index in [1.54, 1.807) is 42.6 Å². The first kappa shape index (κ1) is 15.5. The monoisotopic (exact) mass is 322 g/mol. The van der Waals surface area contributed by atoms with Crippen LogP contribution in [-0.4, -0.2) is 11.0 Å². The Bertz CT molecular complexity index is 805. The Morgan fingerprint density at radius 3 is 2.17 bits per heavy atom. The number of halogens is 1. The first-order chi connectivity index (χ1) is 11.7. The predicted octanol–water partition coefficient (Wildman–Crippen LogP) is 4.61. The summed E-state index contributed by atoms with van der Waals surface area (Å²) >= 11 is 0. The number of amides is 2. The number of para-hydroxylation sites is 1. The summed E-state index contributed by atoms with van der Waals surface area (Å²) in [4.78, 5) is 16.0. The highest BCUT2D eigenvalue weighted by molar-refractivity contribution is 5.99. The van der Waals surface area contributed by atoms with E-state index in [1.807, 2.05) is 18.2 Å². The summed E-state index contributed by atoms with van der Waals surface area (Å²) in [5.74, 6) is 0.135. The minimum atomic E-state index is -0.368. The highest BCUT2D eigenvalue weighted by atomic mass is 19.1. The van der Waals surface area contributed by atoms with Crippen LogP contribution in [0.4, 0.5) is 32.1 Å². The number of urea groups is 1. The summed E-state index contributed by atoms with van der Waals surface area (Å²) in [5.41, 5.74) is 2.18. The van der Waals surface area contributed by atoms with Crippen molar-refractivity contribution in [1.82, 2.24) is 4.98 Å². The van der Waals surface area contributed by atoms with E-state index in [1.165, 1.54) is 12.1 Å². The lowest BCUT2D eigenvalue weighted by atomic mass is 10.3. The average molecular weight is 322 g/mol. The highest BCUT2D eigenvalue weighted by Gasteiger charge is 2.03. The third-order valence-corrected chi connectivity index (χ3v) is 3.17. The Kier molecular flexibility index (Phi) is 4.67. The molecule has 3 rings (SSSR count).